The molecule has 2 N–H and O–H groups in total. The van der Waals surface area contributed by atoms with Crippen molar-refractivity contribution in [3.8, 4) is 17.1 Å². The molecule has 0 saturated carbocycles. The minimum Gasteiger partial charge on any atom is -0.460 e. The lowest BCUT2D eigenvalue weighted by Gasteiger charge is -2.05. The van der Waals surface area contributed by atoms with E-state index in [2.05, 4.69) is 15.5 Å². The Morgan fingerprint density at radius 1 is 1.13 bits per heavy atom. The number of hydrogen-bond acceptors (Lipinski definition) is 4. The van der Waals surface area contributed by atoms with Crippen LogP contribution in [0.3, 0.4) is 0 Å². The lowest BCUT2D eigenvalue weighted by atomic mass is 10.1. The minimum absolute atomic E-state index is 0.290. The topological polar surface area (TPSA) is 71.7 Å². The quantitative estimate of drug-likeness (QED) is 0.438. The number of furan rings is 1. The number of nitrogens with zero attached hydrogens (tertiary/aromatic N) is 3. The number of nitrogens with one attached hydrogen (secondary N) is 2. The van der Waals surface area contributed by atoms with E-state index in [0.717, 1.165) is 35.6 Å². The van der Waals surface area contributed by atoms with Gasteiger partial charge in [-0.1, -0.05) is 12.5 Å². The third-order valence-corrected chi connectivity index (χ3v) is 5.84. The van der Waals surface area contributed by atoms with Gasteiger partial charge < -0.3 is 9.73 Å². The van der Waals surface area contributed by atoms with E-state index in [4.69, 9.17) is 9.52 Å². The molecule has 1 aliphatic rings. The molecule has 3 aromatic heterocycles. The van der Waals surface area contributed by atoms with E-state index in [1.807, 2.05) is 31.3 Å². The predicted octanol–water partition coefficient (Wildman–Crippen LogP) is 4.86. The van der Waals surface area contributed by atoms with Crippen molar-refractivity contribution in [2.24, 2.45) is 0 Å². The summed E-state index contributed by atoms with van der Waals surface area (Å²) in [5.41, 5.74) is 6.19. The van der Waals surface area contributed by atoms with E-state index in [9.17, 15) is 4.39 Å². The Labute approximate surface area is 180 Å². The average molecular weight is 420 g/mol. The van der Waals surface area contributed by atoms with Gasteiger partial charge in [0, 0.05) is 30.5 Å². The van der Waals surface area contributed by atoms with Gasteiger partial charge in [-0.3, -0.25) is 5.10 Å². The summed E-state index contributed by atoms with van der Waals surface area (Å²) in [6.07, 6.45) is 7.85. The van der Waals surface area contributed by atoms with E-state index < -0.39 is 0 Å². The summed E-state index contributed by atoms with van der Waals surface area (Å²) in [6.45, 7) is 3.20. The van der Waals surface area contributed by atoms with Gasteiger partial charge in [-0.25, -0.2) is 9.07 Å². The van der Waals surface area contributed by atoms with Crippen LogP contribution >= 0.6 is 0 Å². The molecule has 5 rings (SSSR count). The molecule has 0 atom stereocenters. The lowest BCUT2D eigenvalue weighted by molar-refractivity contribution is 0.544. The van der Waals surface area contributed by atoms with Crippen molar-refractivity contribution in [1.82, 2.24) is 25.3 Å². The summed E-state index contributed by atoms with van der Waals surface area (Å²) in [5.74, 6) is 1.24. The van der Waals surface area contributed by atoms with Gasteiger partial charge in [-0.05, 0) is 68.5 Å². The van der Waals surface area contributed by atoms with Gasteiger partial charge >= 0.3 is 0 Å². The number of aromatic nitrogens is 4. The summed E-state index contributed by atoms with van der Waals surface area (Å²) >= 11 is 0. The van der Waals surface area contributed by atoms with E-state index in [1.54, 1.807) is 10.7 Å². The highest BCUT2D eigenvalue weighted by Crippen LogP contribution is 2.26. The van der Waals surface area contributed by atoms with Crippen molar-refractivity contribution in [2.75, 3.05) is 0 Å². The molecule has 0 unspecified atom stereocenters. The maximum atomic E-state index is 13.7. The van der Waals surface area contributed by atoms with Crippen LogP contribution in [0.15, 0.2) is 47.0 Å². The van der Waals surface area contributed by atoms with E-state index >= 15 is 0 Å². The lowest BCUT2D eigenvalue weighted by Crippen LogP contribution is -2.14. The number of benzene rings is 1. The second-order valence-corrected chi connectivity index (χ2v) is 8.13. The van der Waals surface area contributed by atoms with Gasteiger partial charge in [-0.2, -0.15) is 10.2 Å². The monoisotopic (exact) mass is 419 g/mol. The third kappa shape index (κ3) is 4.18. The highest BCUT2D eigenvalue weighted by molar-refractivity contribution is 5.58. The Morgan fingerprint density at radius 3 is 2.87 bits per heavy atom. The first-order chi connectivity index (χ1) is 15.2. The summed E-state index contributed by atoms with van der Waals surface area (Å²) < 4.78 is 21.3. The van der Waals surface area contributed by atoms with Gasteiger partial charge in [0.05, 0.1) is 11.4 Å². The van der Waals surface area contributed by atoms with Crippen LogP contribution < -0.4 is 5.32 Å². The number of fused-ring (bicyclic) bond motifs is 1. The van der Waals surface area contributed by atoms with Crippen molar-refractivity contribution >= 4 is 0 Å². The molecule has 1 aromatic carbocycles. The van der Waals surface area contributed by atoms with Crippen LogP contribution in [-0.4, -0.2) is 20.0 Å². The average Bonchev–Trinajstić information content (AvgIpc) is 3.43. The fraction of sp³-hybridized carbons (Fsp3) is 0.333. The molecule has 0 fully saturated rings. The summed E-state index contributed by atoms with van der Waals surface area (Å²) in [7, 11) is 0. The largest absolute Gasteiger partial charge is 0.460 e. The molecule has 160 valence electrons. The van der Waals surface area contributed by atoms with E-state index in [1.165, 1.54) is 42.7 Å². The van der Waals surface area contributed by atoms with Crippen molar-refractivity contribution in [1.29, 1.82) is 0 Å². The van der Waals surface area contributed by atoms with E-state index in [0.29, 0.717) is 24.5 Å². The number of H-pyrrole nitrogens is 1. The zero-order valence-corrected chi connectivity index (χ0v) is 17.6. The predicted molar refractivity (Wildman–Crippen MR) is 116 cm³/mol. The van der Waals surface area contributed by atoms with Crippen LogP contribution in [0.25, 0.3) is 17.1 Å². The first kappa shape index (κ1) is 19.8. The first-order valence-corrected chi connectivity index (χ1v) is 10.8. The first-order valence-electron chi connectivity index (χ1n) is 10.8. The fourth-order valence-electron chi connectivity index (χ4n) is 4.25. The van der Waals surface area contributed by atoms with Gasteiger partial charge in [0.25, 0.3) is 0 Å². The third-order valence-electron chi connectivity index (χ3n) is 5.84. The Bertz CT molecular complexity index is 1190. The molecule has 1 aliphatic carbocycles. The Kier molecular flexibility index (Phi) is 5.42. The molecule has 6 nitrogen and oxygen atoms in total. The standard InChI is InChI=1S/C24H26FN5O/c1-16-10-11-23(31-16)24-17(15-30(29-24)19-7-5-6-18(25)12-19)13-26-14-22-20-8-3-2-4-9-21(20)27-28-22/h5-7,10-12,15,26H,2-4,8-9,13-14H2,1H3,(H,27,28). The van der Waals surface area contributed by atoms with Gasteiger partial charge in [-0.15, -0.1) is 0 Å². The van der Waals surface area contributed by atoms with Crippen molar-refractivity contribution in [2.45, 2.75) is 52.1 Å². The van der Waals surface area contributed by atoms with Crippen LogP contribution in [0.1, 0.15) is 47.5 Å². The van der Waals surface area contributed by atoms with Gasteiger partial charge in [0.2, 0.25) is 0 Å². The second kappa shape index (κ2) is 8.51. The molecule has 4 aromatic rings. The molecule has 0 radical (unpaired) electrons. The van der Waals surface area contributed by atoms with Crippen LogP contribution in [0.5, 0.6) is 0 Å². The molecule has 31 heavy (non-hydrogen) atoms. The molecule has 0 saturated heterocycles. The maximum Gasteiger partial charge on any atom is 0.154 e. The number of rotatable bonds is 6. The Morgan fingerprint density at radius 2 is 2.03 bits per heavy atom. The number of aromatic amines is 1. The van der Waals surface area contributed by atoms with Crippen molar-refractivity contribution < 1.29 is 8.81 Å². The van der Waals surface area contributed by atoms with Crippen LogP contribution in [0, 0.1) is 12.7 Å². The molecule has 0 amide bonds. The molecule has 3 heterocycles. The van der Waals surface area contributed by atoms with Crippen LogP contribution in [-0.2, 0) is 25.9 Å². The summed E-state index contributed by atoms with van der Waals surface area (Å²) in [5, 5.41) is 16.0. The maximum absolute atomic E-state index is 13.7. The highest BCUT2D eigenvalue weighted by Gasteiger charge is 2.18. The minimum atomic E-state index is -0.290. The highest BCUT2D eigenvalue weighted by atomic mass is 19.1. The normalized spacial score (nSPS) is 13.9. The number of aryl methyl sites for hydroxylation is 2. The number of hydrogen-bond donors (Lipinski definition) is 2. The van der Waals surface area contributed by atoms with Crippen molar-refractivity contribution in [3.05, 3.63) is 76.7 Å². The SMILES string of the molecule is Cc1ccc(-c2nn(-c3cccc(F)c3)cc2CNCc2n[nH]c3c2CCCCC3)o1. The Hall–Kier alpha value is -3.19. The van der Waals surface area contributed by atoms with Gasteiger partial charge in [0.1, 0.15) is 17.3 Å². The zero-order chi connectivity index (χ0) is 21.2. The zero-order valence-electron chi connectivity index (χ0n) is 17.6. The molecular weight excluding hydrogens is 393 g/mol. The van der Waals surface area contributed by atoms with Crippen molar-refractivity contribution in [3.63, 3.8) is 0 Å². The van der Waals surface area contributed by atoms with Crippen LogP contribution in [0.2, 0.25) is 0 Å². The van der Waals surface area contributed by atoms with Crippen LogP contribution in [0.4, 0.5) is 4.39 Å². The van der Waals surface area contributed by atoms with Gasteiger partial charge in [0.15, 0.2) is 5.76 Å². The second-order valence-electron chi connectivity index (χ2n) is 8.13. The summed E-state index contributed by atoms with van der Waals surface area (Å²) in [6, 6.07) is 10.3. The van der Waals surface area contributed by atoms with E-state index in [-0.39, 0.29) is 5.82 Å². The molecule has 0 bridgehead atoms. The molecular formula is C24H26FN5O. The molecule has 7 heteroatoms. The number of halogens is 1. The molecule has 0 aliphatic heterocycles. The smallest absolute Gasteiger partial charge is 0.154 e. The summed E-state index contributed by atoms with van der Waals surface area (Å²) in [4.78, 5) is 0. The Balaban J connectivity index is 1.38. The molecule has 0 spiro atoms. The fourth-order valence-corrected chi connectivity index (χ4v) is 4.25.